The Morgan fingerprint density at radius 2 is 2.22 bits per heavy atom. The molecule has 1 aliphatic carbocycles. The molecule has 2 amide bonds. The van der Waals surface area contributed by atoms with Crippen LogP contribution in [-0.2, 0) is 14.4 Å². The first-order valence-corrected chi connectivity index (χ1v) is 6.04. The number of nitrogens with one attached hydrogen (secondary N) is 1. The number of rotatable bonds is 4. The van der Waals surface area contributed by atoms with Gasteiger partial charge < -0.3 is 15.3 Å². The number of hydrogen-bond donors (Lipinski definition) is 2. The molecule has 1 heterocycles. The molecule has 6 nitrogen and oxygen atoms in total. The van der Waals surface area contributed by atoms with E-state index in [0.29, 0.717) is 19.4 Å². The second kappa shape index (κ2) is 5.20. The summed E-state index contributed by atoms with van der Waals surface area (Å²) in [6.07, 6.45) is 4.99. The van der Waals surface area contributed by atoms with Crippen LogP contribution in [0.15, 0.2) is 12.2 Å². The van der Waals surface area contributed by atoms with Gasteiger partial charge in [0.1, 0.15) is 0 Å². The van der Waals surface area contributed by atoms with Crippen molar-refractivity contribution in [1.82, 2.24) is 10.2 Å². The molecule has 0 aromatic heterocycles. The van der Waals surface area contributed by atoms with E-state index < -0.39 is 11.9 Å². The number of carbonyl (C=O) groups excluding carboxylic acids is 2. The van der Waals surface area contributed by atoms with E-state index in [2.05, 4.69) is 5.32 Å². The summed E-state index contributed by atoms with van der Waals surface area (Å²) >= 11 is 0. The maximum atomic E-state index is 11.7. The minimum atomic E-state index is -0.877. The van der Waals surface area contributed by atoms with Gasteiger partial charge in [-0.05, 0) is 12.8 Å². The number of aliphatic carboxylic acids is 1. The van der Waals surface area contributed by atoms with E-state index in [1.807, 2.05) is 0 Å². The van der Waals surface area contributed by atoms with Crippen molar-refractivity contribution >= 4 is 17.8 Å². The number of carbonyl (C=O) groups is 3. The molecule has 2 unspecified atom stereocenters. The number of carboxylic acid groups (broad SMARTS) is 1. The van der Waals surface area contributed by atoms with Crippen molar-refractivity contribution < 1.29 is 19.5 Å². The molecule has 6 heteroatoms. The highest BCUT2D eigenvalue weighted by Gasteiger charge is 2.27. The number of hydrogen-bond acceptors (Lipinski definition) is 3. The van der Waals surface area contributed by atoms with Crippen LogP contribution in [0.5, 0.6) is 0 Å². The summed E-state index contributed by atoms with van der Waals surface area (Å²) in [5.74, 6) is -1.62. The van der Waals surface area contributed by atoms with Crippen molar-refractivity contribution in [2.75, 3.05) is 13.1 Å². The molecule has 0 spiro atoms. The third-order valence-electron chi connectivity index (χ3n) is 3.25. The summed E-state index contributed by atoms with van der Waals surface area (Å²) in [6.45, 7) is 0.700. The quantitative estimate of drug-likeness (QED) is 0.676. The number of amides is 2. The lowest BCUT2D eigenvalue weighted by atomic mass is 10.1. The molecule has 18 heavy (non-hydrogen) atoms. The summed E-state index contributed by atoms with van der Waals surface area (Å²) in [5, 5.41) is 11.5. The molecule has 0 aromatic carbocycles. The standard InChI is InChI=1S/C12H16N2O4/c15-10(7-14-5-1-2-11(14)16)13-9-4-3-8(6-9)12(17)18/h3-4,8-9H,1-2,5-7H2,(H,13,15)(H,17,18). The maximum absolute atomic E-state index is 11.7. The average molecular weight is 252 g/mol. The van der Waals surface area contributed by atoms with Crippen LogP contribution in [-0.4, -0.2) is 46.9 Å². The summed E-state index contributed by atoms with van der Waals surface area (Å²) < 4.78 is 0. The van der Waals surface area contributed by atoms with Gasteiger partial charge >= 0.3 is 5.97 Å². The molecule has 0 aromatic rings. The van der Waals surface area contributed by atoms with Gasteiger partial charge in [0.25, 0.3) is 0 Å². The highest BCUT2D eigenvalue weighted by molar-refractivity contribution is 5.86. The van der Waals surface area contributed by atoms with E-state index in [9.17, 15) is 14.4 Å². The Balaban J connectivity index is 1.77. The van der Waals surface area contributed by atoms with Crippen molar-refractivity contribution in [2.45, 2.75) is 25.3 Å². The normalized spacial score (nSPS) is 26.7. The van der Waals surface area contributed by atoms with Crippen LogP contribution in [0, 0.1) is 5.92 Å². The topological polar surface area (TPSA) is 86.7 Å². The molecular weight excluding hydrogens is 236 g/mol. The largest absolute Gasteiger partial charge is 0.481 e. The molecule has 1 aliphatic heterocycles. The monoisotopic (exact) mass is 252 g/mol. The zero-order valence-corrected chi connectivity index (χ0v) is 9.96. The predicted octanol–water partition coefficient (Wildman–Crippen LogP) is -0.246. The van der Waals surface area contributed by atoms with Gasteiger partial charge in [-0.3, -0.25) is 14.4 Å². The Morgan fingerprint density at radius 1 is 1.44 bits per heavy atom. The molecule has 0 bridgehead atoms. The minimum Gasteiger partial charge on any atom is -0.481 e. The van der Waals surface area contributed by atoms with Crippen molar-refractivity contribution in [3.05, 3.63) is 12.2 Å². The fraction of sp³-hybridized carbons (Fsp3) is 0.583. The van der Waals surface area contributed by atoms with E-state index in [-0.39, 0.29) is 24.4 Å². The summed E-state index contributed by atoms with van der Waals surface area (Å²) in [5.41, 5.74) is 0. The van der Waals surface area contributed by atoms with Crippen molar-refractivity contribution in [3.63, 3.8) is 0 Å². The number of nitrogens with zero attached hydrogens (tertiary/aromatic N) is 1. The van der Waals surface area contributed by atoms with Gasteiger partial charge in [0.2, 0.25) is 11.8 Å². The molecule has 2 rings (SSSR count). The lowest BCUT2D eigenvalue weighted by molar-refractivity contribution is -0.140. The van der Waals surface area contributed by atoms with Crippen LogP contribution < -0.4 is 5.32 Å². The molecule has 1 saturated heterocycles. The molecule has 2 aliphatic rings. The van der Waals surface area contributed by atoms with Crippen LogP contribution >= 0.6 is 0 Å². The third-order valence-corrected chi connectivity index (χ3v) is 3.25. The fourth-order valence-electron chi connectivity index (χ4n) is 2.29. The predicted molar refractivity (Wildman–Crippen MR) is 62.6 cm³/mol. The molecule has 0 saturated carbocycles. The van der Waals surface area contributed by atoms with E-state index in [0.717, 1.165) is 6.42 Å². The SMILES string of the molecule is O=C(CN1CCCC1=O)NC1C=CC(C(=O)O)C1. The second-order valence-corrected chi connectivity index (χ2v) is 4.66. The van der Waals surface area contributed by atoms with Gasteiger partial charge in [-0.1, -0.05) is 12.2 Å². The zero-order valence-electron chi connectivity index (χ0n) is 9.96. The van der Waals surface area contributed by atoms with Crippen molar-refractivity contribution in [1.29, 1.82) is 0 Å². The molecule has 2 N–H and O–H groups in total. The third kappa shape index (κ3) is 2.88. The molecule has 1 fully saturated rings. The van der Waals surface area contributed by atoms with Gasteiger partial charge in [0, 0.05) is 19.0 Å². The lowest BCUT2D eigenvalue weighted by Gasteiger charge is -2.17. The Morgan fingerprint density at radius 3 is 2.78 bits per heavy atom. The zero-order chi connectivity index (χ0) is 13.1. The van der Waals surface area contributed by atoms with Gasteiger partial charge in [0.05, 0.1) is 12.5 Å². The van der Waals surface area contributed by atoms with E-state index >= 15 is 0 Å². The van der Waals surface area contributed by atoms with Gasteiger partial charge in [-0.2, -0.15) is 0 Å². The Bertz CT molecular complexity index is 405. The molecule has 98 valence electrons. The number of likely N-dealkylation sites (tertiary alicyclic amines) is 1. The minimum absolute atomic E-state index is 0.00975. The van der Waals surface area contributed by atoms with Crippen molar-refractivity contribution in [2.24, 2.45) is 5.92 Å². The van der Waals surface area contributed by atoms with Gasteiger partial charge in [0.15, 0.2) is 0 Å². The molecular formula is C12H16N2O4. The number of carboxylic acids is 1. The highest BCUT2D eigenvalue weighted by atomic mass is 16.4. The van der Waals surface area contributed by atoms with Crippen LogP contribution in [0.2, 0.25) is 0 Å². The first kappa shape index (κ1) is 12.6. The Hall–Kier alpha value is -1.85. The summed E-state index contributed by atoms with van der Waals surface area (Å²) in [4.78, 5) is 35.3. The smallest absolute Gasteiger partial charge is 0.310 e. The Kier molecular flexibility index (Phi) is 3.64. The van der Waals surface area contributed by atoms with E-state index in [4.69, 9.17) is 5.11 Å². The fourth-order valence-corrected chi connectivity index (χ4v) is 2.29. The average Bonchev–Trinajstić information content (AvgIpc) is 2.89. The van der Waals surface area contributed by atoms with E-state index in [1.54, 1.807) is 12.2 Å². The highest BCUT2D eigenvalue weighted by Crippen LogP contribution is 2.18. The first-order valence-electron chi connectivity index (χ1n) is 6.04. The van der Waals surface area contributed by atoms with Crippen LogP contribution in [0.25, 0.3) is 0 Å². The lowest BCUT2D eigenvalue weighted by Crippen LogP contribution is -2.41. The van der Waals surface area contributed by atoms with Crippen LogP contribution in [0.3, 0.4) is 0 Å². The van der Waals surface area contributed by atoms with Gasteiger partial charge in [-0.25, -0.2) is 0 Å². The van der Waals surface area contributed by atoms with Gasteiger partial charge in [-0.15, -0.1) is 0 Å². The first-order chi connectivity index (χ1) is 8.56. The molecule has 0 radical (unpaired) electrons. The Labute approximate surface area is 105 Å². The second-order valence-electron chi connectivity index (χ2n) is 4.66. The summed E-state index contributed by atoms with van der Waals surface area (Å²) in [6, 6.07) is -0.240. The summed E-state index contributed by atoms with van der Waals surface area (Å²) in [7, 11) is 0. The molecule has 2 atom stereocenters. The van der Waals surface area contributed by atoms with E-state index in [1.165, 1.54) is 4.90 Å². The maximum Gasteiger partial charge on any atom is 0.310 e. The van der Waals surface area contributed by atoms with Crippen molar-refractivity contribution in [3.8, 4) is 0 Å². The van der Waals surface area contributed by atoms with Crippen LogP contribution in [0.4, 0.5) is 0 Å². The van der Waals surface area contributed by atoms with Crippen LogP contribution in [0.1, 0.15) is 19.3 Å².